The number of carbonyl (C=O) groups is 3. The van der Waals surface area contributed by atoms with Gasteiger partial charge < -0.3 is 29.7 Å². The minimum atomic E-state index is -0.734. The smallest absolute Gasteiger partial charge is 0.246 e. The van der Waals surface area contributed by atoms with E-state index in [-0.39, 0.29) is 24.3 Å². The van der Waals surface area contributed by atoms with Crippen molar-refractivity contribution in [1.82, 2.24) is 15.5 Å². The largest absolute Gasteiger partial charge is 0.493 e. The Morgan fingerprint density at radius 2 is 1.56 bits per heavy atom. The van der Waals surface area contributed by atoms with Crippen molar-refractivity contribution in [3.05, 3.63) is 42.0 Å². The van der Waals surface area contributed by atoms with Gasteiger partial charge in [-0.1, -0.05) is 56.9 Å². The van der Waals surface area contributed by atoms with Crippen LogP contribution in [0.1, 0.15) is 51.5 Å². The van der Waals surface area contributed by atoms with Crippen molar-refractivity contribution in [3.8, 4) is 28.4 Å². The van der Waals surface area contributed by atoms with Gasteiger partial charge in [-0.15, -0.1) is 0 Å². The Morgan fingerprint density at radius 1 is 0.923 bits per heavy atom. The molecule has 0 radical (unpaired) electrons. The van der Waals surface area contributed by atoms with Gasteiger partial charge >= 0.3 is 0 Å². The SMILES string of the molecule is CCCCCCCNC(=O)CN1C(=O)[C@@H](Cc2ccc(-c3cc(OC)c(OC)c(OC)c3)cc2)NC(=O)[C@@H]1C. The molecule has 1 aliphatic rings. The lowest BCUT2D eigenvalue weighted by Crippen LogP contribution is -2.64. The fraction of sp³-hybridized carbons (Fsp3) is 0.500. The summed E-state index contributed by atoms with van der Waals surface area (Å²) < 4.78 is 16.3. The molecule has 1 heterocycles. The number of ether oxygens (including phenoxy) is 3. The van der Waals surface area contributed by atoms with Crippen LogP contribution in [0.25, 0.3) is 11.1 Å². The summed E-state index contributed by atoms with van der Waals surface area (Å²) in [5.41, 5.74) is 2.70. The number of methoxy groups -OCH3 is 3. The molecular weight excluding hydrogens is 498 g/mol. The van der Waals surface area contributed by atoms with Crippen molar-refractivity contribution in [2.45, 2.75) is 64.5 Å². The van der Waals surface area contributed by atoms with Crippen molar-refractivity contribution >= 4 is 17.7 Å². The summed E-state index contributed by atoms with van der Waals surface area (Å²) in [6.07, 6.45) is 5.81. The number of nitrogens with zero attached hydrogens (tertiary/aromatic N) is 1. The second kappa shape index (κ2) is 14.4. The zero-order valence-corrected chi connectivity index (χ0v) is 23.7. The number of amides is 3. The van der Waals surface area contributed by atoms with E-state index in [9.17, 15) is 14.4 Å². The first-order valence-electron chi connectivity index (χ1n) is 13.6. The molecule has 9 heteroatoms. The summed E-state index contributed by atoms with van der Waals surface area (Å²) in [4.78, 5) is 39.8. The van der Waals surface area contributed by atoms with E-state index in [1.165, 1.54) is 17.7 Å². The van der Waals surface area contributed by atoms with E-state index in [1.54, 1.807) is 28.3 Å². The van der Waals surface area contributed by atoms with Crippen LogP contribution in [0, 0.1) is 0 Å². The molecule has 2 aromatic carbocycles. The maximum atomic E-state index is 13.3. The van der Waals surface area contributed by atoms with Gasteiger partial charge in [0.15, 0.2) is 11.5 Å². The molecule has 0 aliphatic carbocycles. The highest BCUT2D eigenvalue weighted by Gasteiger charge is 2.38. The summed E-state index contributed by atoms with van der Waals surface area (Å²) in [5, 5.41) is 5.70. The van der Waals surface area contributed by atoms with Gasteiger partial charge in [0.25, 0.3) is 0 Å². The van der Waals surface area contributed by atoms with E-state index in [2.05, 4.69) is 17.6 Å². The Labute approximate surface area is 231 Å². The van der Waals surface area contributed by atoms with E-state index in [0.717, 1.165) is 36.0 Å². The number of benzene rings is 2. The van der Waals surface area contributed by atoms with Gasteiger partial charge in [-0.3, -0.25) is 14.4 Å². The molecule has 39 heavy (non-hydrogen) atoms. The molecule has 1 fully saturated rings. The second-order valence-electron chi connectivity index (χ2n) is 9.78. The van der Waals surface area contributed by atoms with Crippen molar-refractivity contribution in [1.29, 1.82) is 0 Å². The van der Waals surface area contributed by atoms with Crippen molar-refractivity contribution < 1.29 is 28.6 Å². The van der Waals surface area contributed by atoms with Crippen molar-refractivity contribution in [2.24, 2.45) is 0 Å². The average Bonchev–Trinajstić information content (AvgIpc) is 2.95. The molecule has 2 atom stereocenters. The number of nitrogens with one attached hydrogen (secondary N) is 2. The van der Waals surface area contributed by atoms with Crippen LogP contribution in [0.2, 0.25) is 0 Å². The number of piperazine rings is 1. The highest BCUT2D eigenvalue weighted by Crippen LogP contribution is 2.41. The first-order valence-corrected chi connectivity index (χ1v) is 13.6. The normalized spacial score (nSPS) is 17.0. The number of unbranched alkanes of at least 4 members (excludes halogenated alkanes) is 4. The Balaban J connectivity index is 1.65. The molecule has 1 aliphatic heterocycles. The monoisotopic (exact) mass is 539 g/mol. The second-order valence-corrected chi connectivity index (χ2v) is 9.78. The minimum absolute atomic E-state index is 0.126. The standard InChI is InChI=1S/C30H41N3O6/c1-6-7-8-9-10-15-31-27(34)19-33-20(2)29(35)32-24(30(33)36)16-21-11-13-22(14-12-21)23-17-25(37-3)28(39-5)26(18-23)38-4/h11-14,17-18,20,24H,6-10,15-16,19H2,1-5H3,(H,31,34)(H,32,35)/t20-,24+/m0/s1. The molecule has 9 nitrogen and oxygen atoms in total. The summed E-state index contributed by atoms with van der Waals surface area (Å²) in [6.45, 7) is 4.26. The molecule has 0 unspecified atom stereocenters. The van der Waals surface area contributed by atoms with Crippen LogP contribution < -0.4 is 24.8 Å². The number of carbonyl (C=O) groups excluding carboxylic acids is 3. The number of hydrogen-bond acceptors (Lipinski definition) is 6. The third-order valence-electron chi connectivity index (χ3n) is 7.05. The van der Waals surface area contributed by atoms with Gasteiger partial charge in [-0.2, -0.15) is 0 Å². The first-order chi connectivity index (χ1) is 18.8. The Bertz CT molecular complexity index is 1110. The fourth-order valence-corrected chi connectivity index (χ4v) is 4.72. The van der Waals surface area contributed by atoms with Crippen LogP contribution >= 0.6 is 0 Å². The topological polar surface area (TPSA) is 106 Å². The van der Waals surface area contributed by atoms with E-state index >= 15 is 0 Å². The zero-order valence-electron chi connectivity index (χ0n) is 23.7. The van der Waals surface area contributed by atoms with Gasteiger partial charge in [0.05, 0.1) is 21.3 Å². The molecule has 2 aromatic rings. The van der Waals surface area contributed by atoms with Gasteiger partial charge in [-0.25, -0.2) is 0 Å². The van der Waals surface area contributed by atoms with Crippen LogP contribution in [0.5, 0.6) is 17.2 Å². The summed E-state index contributed by atoms with van der Waals surface area (Å²) >= 11 is 0. The lowest BCUT2D eigenvalue weighted by molar-refractivity contribution is -0.150. The van der Waals surface area contributed by atoms with Gasteiger partial charge in [0, 0.05) is 13.0 Å². The highest BCUT2D eigenvalue weighted by atomic mass is 16.5. The molecule has 0 bridgehead atoms. The van der Waals surface area contributed by atoms with Gasteiger partial charge in [-0.05, 0) is 42.2 Å². The van der Waals surface area contributed by atoms with Crippen LogP contribution in [0.3, 0.4) is 0 Å². The Kier molecular flexibility index (Phi) is 11.0. The van der Waals surface area contributed by atoms with Gasteiger partial charge in [0.1, 0.15) is 18.6 Å². The molecule has 2 N–H and O–H groups in total. The molecule has 212 valence electrons. The van der Waals surface area contributed by atoms with Crippen LogP contribution in [0.15, 0.2) is 36.4 Å². The molecule has 0 saturated carbocycles. The third kappa shape index (κ3) is 7.65. The molecule has 0 aromatic heterocycles. The molecule has 3 amide bonds. The number of hydrogen-bond donors (Lipinski definition) is 2. The van der Waals surface area contributed by atoms with Crippen molar-refractivity contribution in [3.63, 3.8) is 0 Å². The van der Waals surface area contributed by atoms with Crippen LogP contribution in [-0.2, 0) is 20.8 Å². The van der Waals surface area contributed by atoms with E-state index in [0.29, 0.717) is 30.2 Å². The Hall–Kier alpha value is -3.75. The maximum Gasteiger partial charge on any atom is 0.246 e. The van der Waals surface area contributed by atoms with Gasteiger partial charge in [0.2, 0.25) is 23.5 Å². The van der Waals surface area contributed by atoms with E-state index in [4.69, 9.17) is 14.2 Å². The Morgan fingerprint density at radius 3 is 2.15 bits per heavy atom. The molecular formula is C30H41N3O6. The van der Waals surface area contributed by atoms with E-state index in [1.807, 2.05) is 36.4 Å². The third-order valence-corrected chi connectivity index (χ3v) is 7.05. The van der Waals surface area contributed by atoms with Crippen LogP contribution in [0.4, 0.5) is 0 Å². The summed E-state index contributed by atoms with van der Waals surface area (Å²) in [7, 11) is 4.70. The lowest BCUT2D eigenvalue weighted by Gasteiger charge is -2.37. The van der Waals surface area contributed by atoms with Crippen molar-refractivity contribution in [2.75, 3.05) is 34.4 Å². The highest BCUT2D eigenvalue weighted by molar-refractivity contribution is 5.98. The average molecular weight is 540 g/mol. The molecule has 0 spiro atoms. The quantitative estimate of drug-likeness (QED) is 0.355. The predicted octanol–water partition coefficient (Wildman–Crippen LogP) is 3.72. The van der Waals surface area contributed by atoms with E-state index < -0.39 is 12.1 Å². The zero-order chi connectivity index (χ0) is 28.4. The molecule has 3 rings (SSSR count). The minimum Gasteiger partial charge on any atom is -0.493 e. The predicted molar refractivity (Wildman–Crippen MR) is 150 cm³/mol. The fourth-order valence-electron chi connectivity index (χ4n) is 4.72. The first kappa shape index (κ1) is 29.8. The lowest BCUT2D eigenvalue weighted by atomic mass is 9.97. The molecule has 1 saturated heterocycles. The van der Waals surface area contributed by atoms with Crippen LogP contribution in [-0.4, -0.2) is 69.1 Å². The summed E-state index contributed by atoms with van der Waals surface area (Å²) in [6, 6.07) is 10.0. The number of rotatable bonds is 14. The summed E-state index contributed by atoms with van der Waals surface area (Å²) in [5.74, 6) is 0.873. The maximum absolute atomic E-state index is 13.3.